The van der Waals surface area contributed by atoms with Gasteiger partial charge in [-0.1, -0.05) is 26.0 Å². The lowest BCUT2D eigenvalue weighted by atomic mass is 9.89. The van der Waals surface area contributed by atoms with E-state index in [9.17, 15) is 4.79 Å². The molecule has 1 saturated heterocycles. The molecule has 1 aliphatic rings. The highest BCUT2D eigenvalue weighted by molar-refractivity contribution is 6.08. The summed E-state index contributed by atoms with van der Waals surface area (Å²) in [6.07, 6.45) is 0. The van der Waals surface area contributed by atoms with Gasteiger partial charge in [0.05, 0.1) is 0 Å². The van der Waals surface area contributed by atoms with E-state index in [2.05, 4.69) is 19.2 Å². The number of urea groups is 1. The Morgan fingerprint density at radius 2 is 1.86 bits per heavy atom. The number of carbonyl (C=O) groups is 1. The molecule has 2 amide bonds. The Bertz CT molecular complexity index is 550. The Morgan fingerprint density at radius 1 is 1.29 bits per heavy atom. The van der Waals surface area contributed by atoms with Crippen LogP contribution in [0.2, 0.25) is 0 Å². The molecule has 1 fully saturated rings. The molecule has 0 radical (unpaired) electrons. The maximum absolute atomic E-state index is 12.2. The van der Waals surface area contributed by atoms with Crippen molar-refractivity contribution < 1.29 is 4.79 Å². The summed E-state index contributed by atoms with van der Waals surface area (Å²) in [6.45, 7) is 6.70. The maximum Gasteiger partial charge on any atom is 0.323 e. The fourth-order valence-corrected chi connectivity index (χ4v) is 2.65. The minimum Gasteiger partial charge on any atom is -0.378 e. The van der Waals surface area contributed by atoms with Crippen molar-refractivity contribution in [3.8, 4) is 0 Å². The topological polar surface area (TPSA) is 59.4 Å². The van der Waals surface area contributed by atoms with Gasteiger partial charge in [0.1, 0.15) is 11.4 Å². The van der Waals surface area contributed by atoms with Gasteiger partial charge in [0.2, 0.25) is 0 Å². The number of benzene rings is 1. The van der Waals surface area contributed by atoms with Crippen LogP contribution in [0.25, 0.3) is 0 Å². The van der Waals surface area contributed by atoms with Gasteiger partial charge in [-0.05, 0) is 30.5 Å². The van der Waals surface area contributed by atoms with Gasteiger partial charge < -0.3 is 9.80 Å². The first-order valence-corrected chi connectivity index (χ1v) is 7.22. The molecule has 1 aromatic carbocycles. The Morgan fingerprint density at radius 3 is 2.33 bits per heavy atom. The van der Waals surface area contributed by atoms with E-state index >= 15 is 0 Å². The van der Waals surface area contributed by atoms with Crippen LogP contribution in [-0.4, -0.2) is 37.4 Å². The van der Waals surface area contributed by atoms with Crippen molar-refractivity contribution in [2.45, 2.75) is 26.3 Å². The second-order valence-electron chi connectivity index (χ2n) is 6.32. The Balaban J connectivity index is 2.41. The lowest BCUT2D eigenvalue weighted by Gasteiger charge is -2.35. The Hall–Kier alpha value is -2.04. The minimum absolute atomic E-state index is 0.187. The van der Waals surface area contributed by atoms with Crippen molar-refractivity contribution in [2.24, 2.45) is 5.92 Å². The number of anilines is 1. The van der Waals surface area contributed by atoms with Crippen LogP contribution in [0, 0.1) is 11.3 Å². The van der Waals surface area contributed by atoms with E-state index in [0.29, 0.717) is 12.5 Å². The van der Waals surface area contributed by atoms with Crippen LogP contribution in [0.15, 0.2) is 24.3 Å². The summed E-state index contributed by atoms with van der Waals surface area (Å²) in [7, 11) is 3.98. The van der Waals surface area contributed by atoms with Crippen molar-refractivity contribution in [1.82, 2.24) is 10.2 Å². The molecule has 0 bridgehead atoms. The number of nitrogens with zero attached hydrogens (tertiary/aromatic N) is 2. The lowest BCUT2D eigenvalue weighted by molar-refractivity contribution is 0.169. The zero-order valence-corrected chi connectivity index (χ0v) is 13.4. The van der Waals surface area contributed by atoms with Crippen LogP contribution < -0.4 is 10.2 Å². The zero-order chi connectivity index (χ0) is 15.8. The molecule has 2 rings (SSSR count). The number of amides is 2. The van der Waals surface area contributed by atoms with Crippen molar-refractivity contribution in [2.75, 3.05) is 25.5 Å². The molecule has 1 atom stereocenters. The summed E-state index contributed by atoms with van der Waals surface area (Å²) in [5, 5.41) is 10.9. The fourth-order valence-electron chi connectivity index (χ4n) is 2.65. The van der Waals surface area contributed by atoms with Gasteiger partial charge in [0, 0.05) is 26.3 Å². The molecule has 0 saturated carbocycles. The first-order chi connectivity index (χ1) is 9.76. The van der Waals surface area contributed by atoms with E-state index in [1.165, 1.54) is 0 Å². The molecule has 1 heterocycles. The zero-order valence-electron chi connectivity index (χ0n) is 13.4. The highest BCUT2D eigenvalue weighted by Gasteiger charge is 2.47. The number of hydrogen-bond donors (Lipinski definition) is 2. The van der Waals surface area contributed by atoms with Crippen LogP contribution in [-0.2, 0) is 5.54 Å². The second kappa shape index (κ2) is 5.39. The Labute approximate surface area is 126 Å². The lowest BCUT2D eigenvalue weighted by Crippen LogP contribution is -2.45. The smallest absolute Gasteiger partial charge is 0.323 e. The summed E-state index contributed by atoms with van der Waals surface area (Å²) < 4.78 is 0. The van der Waals surface area contributed by atoms with Crippen molar-refractivity contribution in [3.63, 3.8) is 0 Å². The van der Waals surface area contributed by atoms with Gasteiger partial charge in [-0.25, -0.2) is 4.79 Å². The number of nitrogens with one attached hydrogen (secondary N) is 2. The summed E-state index contributed by atoms with van der Waals surface area (Å²) in [5.41, 5.74) is 1.34. The molecule has 2 N–H and O–H groups in total. The van der Waals surface area contributed by atoms with E-state index in [4.69, 9.17) is 5.41 Å². The number of rotatable bonds is 4. The molecule has 5 heteroatoms. The average Bonchev–Trinajstić information content (AvgIpc) is 2.63. The van der Waals surface area contributed by atoms with Gasteiger partial charge in [-0.2, -0.15) is 0 Å². The monoisotopic (exact) mass is 288 g/mol. The predicted octanol–water partition coefficient (Wildman–Crippen LogP) is 2.63. The molecule has 1 unspecified atom stereocenters. The van der Waals surface area contributed by atoms with Gasteiger partial charge in [-0.3, -0.25) is 10.7 Å². The second-order valence-corrected chi connectivity index (χ2v) is 6.32. The standard InChI is InChI=1S/C16H24N4O/c1-11(2)10-20-15(21)18-14(17)16(20,3)12-6-8-13(9-7-12)19(4)5/h6-9,11H,10H2,1-5H3,(H2,17,18,21). The molecule has 5 nitrogen and oxygen atoms in total. The first-order valence-electron chi connectivity index (χ1n) is 7.22. The van der Waals surface area contributed by atoms with Crippen molar-refractivity contribution in [1.29, 1.82) is 5.41 Å². The van der Waals surface area contributed by atoms with E-state index in [0.717, 1.165) is 11.3 Å². The van der Waals surface area contributed by atoms with Crippen LogP contribution >= 0.6 is 0 Å². The molecule has 0 aromatic heterocycles. The third-order valence-electron chi connectivity index (χ3n) is 4.00. The van der Waals surface area contributed by atoms with E-state index < -0.39 is 5.54 Å². The van der Waals surface area contributed by atoms with Crippen molar-refractivity contribution >= 4 is 17.6 Å². The summed E-state index contributed by atoms with van der Waals surface area (Å²) in [4.78, 5) is 15.9. The van der Waals surface area contributed by atoms with Crippen LogP contribution in [0.5, 0.6) is 0 Å². The van der Waals surface area contributed by atoms with Crippen LogP contribution in [0.3, 0.4) is 0 Å². The summed E-state index contributed by atoms with van der Waals surface area (Å²) in [5.74, 6) is 0.591. The van der Waals surface area contributed by atoms with E-state index in [1.54, 1.807) is 4.90 Å². The molecule has 0 spiro atoms. The largest absolute Gasteiger partial charge is 0.378 e. The maximum atomic E-state index is 12.2. The normalized spacial score (nSPS) is 21.9. The Kier molecular flexibility index (Phi) is 3.94. The molecule has 1 aliphatic heterocycles. The van der Waals surface area contributed by atoms with Gasteiger partial charge >= 0.3 is 6.03 Å². The van der Waals surface area contributed by atoms with Crippen LogP contribution in [0.4, 0.5) is 10.5 Å². The quantitative estimate of drug-likeness (QED) is 0.894. The molecule has 114 valence electrons. The average molecular weight is 288 g/mol. The summed E-state index contributed by atoms with van der Waals surface area (Å²) >= 11 is 0. The molecule has 1 aromatic rings. The molecule has 21 heavy (non-hydrogen) atoms. The SMILES string of the molecule is CC(C)CN1C(=O)NC(=N)C1(C)c1ccc(N(C)C)cc1. The van der Waals surface area contributed by atoms with Gasteiger partial charge in [0.15, 0.2) is 0 Å². The molecular weight excluding hydrogens is 264 g/mol. The number of carbonyl (C=O) groups excluding carboxylic acids is 1. The third kappa shape index (κ3) is 2.60. The molecular formula is C16H24N4O. The van der Waals surface area contributed by atoms with E-state index in [1.807, 2.05) is 50.2 Å². The first kappa shape index (κ1) is 15.4. The van der Waals surface area contributed by atoms with Gasteiger partial charge in [-0.15, -0.1) is 0 Å². The van der Waals surface area contributed by atoms with Gasteiger partial charge in [0.25, 0.3) is 0 Å². The minimum atomic E-state index is -0.716. The highest BCUT2D eigenvalue weighted by Crippen LogP contribution is 2.34. The third-order valence-corrected chi connectivity index (χ3v) is 4.00. The van der Waals surface area contributed by atoms with Crippen molar-refractivity contribution in [3.05, 3.63) is 29.8 Å². The fraction of sp³-hybridized carbons (Fsp3) is 0.500. The number of amidine groups is 1. The predicted molar refractivity (Wildman–Crippen MR) is 85.9 cm³/mol. The van der Waals surface area contributed by atoms with E-state index in [-0.39, 0.29) is 11.9 Å². The number of hydrogen-bond acceptors (Lipinski definition) is 3. The van der Waals surface area contributed by atoms with Crippen LogP contribution in [0.1, 0.15) is 26.3 Å². The molecule has 0 aliphatic carbocycles. The highest BCUT2D eigenvalue weighted by atomic mass is 16.2. The summed E-state index contributed by atoms with van der Waals surface area (Å²) in [6, 6.07) is 7.84.